The number of hydrogen-bond donors (Lipinski definition) is 2. The van der Waals surface area contributed by atoms with Gasteiger partial charge < -0.3 is 15.3 Å². The summed E-state index contributed by atoms with van der Waals surface area (Å²) in [5.41, 5.74) is 0. The number of nitrogens with zero attached hydrogens (tertiary/aromatic N) is 1. The number of carboxylic acids is 1. The minimum Gasteiger partial charge on any atom is -0.480 e. The summed E-state index contributed by atoms with van der Waals surface area (Å²) in [4.78, 5) is 24.3. The van der Waals surface area contributed by atoms with Crippen LogP contribution in [-0.2, 0) is 4.79 Å². The lowest BCUT2D eigenvalue weighted by atomic mass is 10.1. The van der Waals surface area contributed by atoms with Gasteiger partial charge in [-0.3, -0.25) is 0 Å². The zero-order valence-electron chi connectivity index (χ0n) is 10.6. The Labute approximate surface area is 102 Å². The molecule has 5 nitrogen and oxygen atoms in total. The van der Waals surface area contributed by atoms with Gasteiger partial charge in [0.1, 0.15) is 6.04 Å². The van der Waals surface area contributed by atoms with Crippen LogP contribution in [0, 0.1) is 5.92 Å². The van der Waals surface area contributed by atoms with Gasteiger partial charge in [0.2, 0.25) is 0 Å². The molecule has 0 spiro atoms. The van der Waals surface area contributed by atoms with Gasteiger partial charge in [0, 0.05) is 13.6 Å². The van der Waals surface area contributed by atoms with E-state index < -0.39 is 12.0 Å². The van der Waals surface area contributed by atoms with E-state index >= 15 is 0 Å². The molecule has 1 rings (SSSR count). The second-order valence-corrected chi connectivity index (χ2v) is 4.81. The van der Waals surface area contributed by atoms with E-state index in [-0.39, 0.29) is 6.03 Å². The molecule has 0 heterocycles. The van der Waals surface area contributed by atoms with Crippen molar-refractivity contribution in [1.29, 1.82) is 0 Å². The highest BCUT2D eigenvalue weighted by molar-refractivity contribution is 5.82. The molecule has 1 aliphatic rings. The molecular formula is C12H22N2O3. The molecule has 2 amide bonds. The van der Waals surface area contributed by atoms with Gasteiger partial charge in [-0.2, -0.15) is 0 Å². The smallest absolute Gasteiger partial charge is 0.326 e. The predicted octanol–water partition coefficient (Wildman–Crippen LogP) is 1.68. The molecule has 1 fully saturated rings. The van der Waals surface area contributed by atoms with E-state index in [0.29, 0.717) is 12.3 Å². The van der Waals surface area contributed by atoms with Crippen LogP contribution < -0.4 is 5.32 Å². The largest absolute Gasteiger partial charge is 0.480 e. The summed E-state index contributed by atoms with van der Waals surface area (Å²) >= 11 is 0. The number of carbonyl (C=O) groups excluding carboxylic acids is 1. The molecule has 5 heteroatoms. The van der Waals surface area contributed by atoms with Crippen molar-refractivity contribution in [3.8, 4) is 0 Å². The highest BCUT2D eigenvalue weighted by Crippen LogP contribution is 2.29. The Morgan fingerprint density at radius 2 is 2.12 bits per heavy atom. The fourth-order valence-electron chi connectivity index (χ4n) is 1.70. The summed E-state index contributed by atoms with van der Waals surface area (Å²) in [6, 6.07) is -1.04. The highest BCUT2D eigenvalue weighted by Gasteiger charge is 2.26. The summed E-state index contributed by atoms with van der Waals surface area (Å²) in [5.74, 6) is -0.337. The summed E-state index contributed by atoms with van der Waals surface area (Å²) in [6.45, 7) is 2.73. The number of hydrogen-bond acceptors (Lipinski definition) is 2. The second-order valence-electron chi connectivity index (χ2n) is 4.81. The lowest BCUT2D eigenvalue weighted by molar-refractivity contribution is -0.139. The first-order chi connectivity index (χ1) is 8.04. The van der Waals surface area contributed by atoms with E-state index in [4.69, 9.17) is 5.11 Å². The van der Waals surface area contributed by atoms with Gasteiger partial charge in [0.25, 0.3) is 0 Å². The molecule has 0 aromatic rings. The number of aliphatic carboxylic acids is 1. The molecule has 1 atom stereocenters. The maximum atomic E-state index is 11.7. The monoisotopic (exact) mass is 242 g/mol. The molecule has 0 bridgehead atoms. The Hall–Kier alpha value is -1.26. The molecule has 1 saturated carbocycles. The third-order valence-corrected chi connectivity index (χ3v) is 3.02. The van der Waals surface area contributed by atoms with Crippen molar-refractivity contribution < 1.29 is 14.7 Å². The molecule has 0 radical (unpaired) electrons. The molecule has 98 valence electrons. The maximum Gasteiger partial charge on any atom is 0.326 e. The lowest BCUT2D eigenvalue weighted by Crippen LogP contribution is -2.47. The summed E-state index contributed by atoms with van der Waals surface area (Å²) in [5, 5.41) is 11.6. The van der Waals surface area contributed by atoms with Crippen molar-refractivity contribution in [3.05, 3.63) is 0 Å². The third kappa shape index (κ3) is 5.06. The standard InChI is InChI=1S/C12H22N2O3/c1-3-4-5-10(11(15)16)13-12(17)14(2)8-9-6-7-9/h9-10H,3-8H2,1-2H3,(H,13,17)(H,15,16). The summed E-state index contributed by atoms with van der Waals surface area (Å²) < 4.78 is 0. The average Bonchev–Trinajstić information content (AvgIpc) is 3.07. The third-order valence-electron chi connectivity index (χ3n) is 3.02. The Bertz CT molecular complexity index is 277. The highest BCUT2D eigenvalue weighted by atomic mass is 16.4. The van der Waals surface area contributed by atoms with E-state index in [9.17, 15) is 9.59 Å². The van der Waals surface area contributed by atoms with E-state index in [2.05, 4.69) is 5.32 Å². The van der Waals surface area contributed by atoms with Crippen LogP contribution in [0.5, 0.6) is 0 Å². The van der Waals surface area contributed by atoms with Gasteiger partial charge in [0.05, 0.1) is 0 Å². The van der Waals surface area contributed by atoms with Gasteiger partial charge >= 0.3 is 12.0 Å². The first-order valence-corrected chi connectivity index (χ1v) is 6.29. The molecule has 17 heavy (non-hydrogen) atoms. The number of carboxylic acid groups (broad SMARTS) is 1. The van der Waals surface area contributed by atoms with Crippen LogP contribution in [0.2, 0.25) is 0 Å². The number of amides is 2. The summed E-state index contributed by atoms with van der Waals surface area (Å²) in [6.07, 6.45) is 4.58. The Morgan fingerprint density at radius 1 is 1.47 bits per heavy atom. The van der Waals surface area contributed by atoms with E-state index in [0.717, 1.165) is 19.4 Å². The SMILES string of the molecule is CCCCC(NC(=O)N(C)CC1CC1)C(=O)O. The van der Waals surface area contributed by atoms with Crippen molar-refractivity contribution in [2.75, 3.05) is 13.6 Å². The number of urea groups is 1. The molecule has 0 aromatic heterocycles. The second kappa shape index (κ2) is 6.47. The minimum atomic E-state index is -0.952. The van der Waals surface area contributed by atoms with E-state index in [1.165, 1.54) is 12.8 Å². The topological polar surface area (TPSA) is 69.6 Å². The van der Waals surface area contributed by atoms with Crippen molar-refractivity contribution in [2.45, 2.75) is 45.1 Å². The van der Waals surface area contributed by atoms with Gasteiger partial charge in [0.15, 0.2) is 0 Å². The van der Waals surface area contributed by atoms with Crippen LogP contribution in [0.1, 0.15) is 39.0 Å². The summed E-state index contributed by atoms with van der Waals surface area (Å²) in [7, 11) is 1.71. The number of unbranched alkanes of at least 4 members (excludes halogenated alkanes) is 1. The Morgan fingerprint density at radius 3 is 2.59 bits per heavy atom. The molecule has 0 aromatic carbocycles. The molecule has 1 unspecified atom stereocenters. The number of rotatable bonds is 7. The van der Waals surface area contributed by atoms with E-state index in [1.807, 2.05) is 6.92 Å². The maximum absolute atomic E-state index is 11.7. The van der Waals surface area contributed by atoms with Gasteiger partial charge in [-0.15, -0.1) is 0 Å². The van der Waals surface area contributed by atoms with E-state index in [1.54, 1.807) is 11.9 Å². The molecule has 0 saturated heterocycles. The number of carbonyl (C=O) groups is 2. The zero-order chi connectivity index (χ0) is 12.8. The first kappa shape index (κ1) is 13.8. The van der Waals surface area contributed by atoms with Crippen LogP contribution in [-0.4, -0.2) is 41.6 Å². The minimum absolute atomic E-state index is 0.277. The zero-order valence-corrected chi connectivity index (χ0v) is 10.6. The van der Waals surface area contributed by atoms with Crippen molar-refractivity contribution in [1.82, 2.24) is 10.2 Å². The number of nitrogens with one attached hydrogen (secondary N) is 1. The van der Waals surface area contributed by atoms with Crippen LogP contribution in [0.3, 0.4) is 0 Å². The van der Waals surface area contributed by atoms with Crippen LogP contribution in [0.25, 0.3) is 0 Å². The van der Waals surface area contributed by atoms with Crippen molar-refractivity contribution in [3.63, 3.8) is 0 Å². The van der Waals surface area contributed by atoms with Gasteiger partial charge in [-0.1, -0.05) is 19.8 Å². The fraction of sp³-hybridized carbons (Fsp3) is 0.833. The Kier molecular flexibility index (Phi) is 5.25. The quantitative estimate of drug-likeness (QED) is 0.713. The van der Waals surface area contributed by atoms with Crippen LogP contribution in [0.4, 0.5) is 4.79 Å². The molecule has 2 N–H and O–H groups in total. The van der Waals surface area contributed by atoms with Gasteiger partial charge in [-0.25, -0.2) is 9.59 Å². The molecule has 0 aliphatic heterocycles. The van der Waals surface area contributed by atoms with Gasteiger partial charge in [-0.05, 0) is 25.2 Å². The van der Waals surface area contributed by atoms with Crippen molar-refractivity contribution >= 4 is 12.0 Å². The first-order valence-electron chi connectivity index (χ1n) is 6.29. The Balaban J connectivity index is 2.35. The normalized spacial score (nSPS) is 16.4. The molecular weight excluding hydrogens is 220 g/mol. The lowest BCUT2D eigenvalue weighted by Gasteiger charge is -2.21. The fourth-order valence-corrected chi connectivity index (χ4v) is 1.70. The average molecular weight is 242 g/mol. The molecule has 1 aliphatic carbocycles. The van der Waals surface area contributed by atoms with Crippen LogP contribution in [0.15, 0.2) is 0 Å². The van der Waals surface area contributed by atoms with Crippen LogP contribution >= 0.6 is 0 Å². The predicted molar refractivity (Wildman–Crippen MR) is 64.8 cm³/mol. The van der Waals surface area contributed by atoms with Crippen molar-refractivity contribution in [2.24, 2.45) is 5.92 Å².